The van der Waals surface area contributed by atoms with Gasteiger partial charge in [0.2, 0.25) is 0 Å². The molecule has 2 nitrogen and oxygen atoms in total. The minimum Gasteiger partial charge on any atom is -0.493 e. The van der Waals surface area contributed by atoms with E-state index in [1.54, 1.807) is 12.1 Å². The van der Waals surface area contributed by atoms with Gasteiger partial charge < -0.3 is 10.1 Å². The van der Waals surface area contributed by atoms with Crippen molar-refractivity contribution in [1.82, 2.24) is 5.32 Å². The molecule has 15 heavy (non-hydrogen) atoms. The lowest BCUT2D eigenvalue weighted by Crippen LogP contribution is -2.11. The van der Waals surface area contributed by atoms with E-state index < -0.39 is 0 Å². The van der Waals surface area contributed by atoms with Gasteiger partial charge in [-0.15, -0.1) is 12.4 Å². The smallest absolute Gasteiger partial charge is 0.120 e. The zero-order valence-electron chi connectivity index (χ0n) is 8.43. The molecule has 0 aliphatic rings. The lowest BCUT2D eigenvalue weighted by molar-refractivity contribution is 0.310. The van der Waals surface area contributed by atoms with Gasteiger partial charge in [0.25, 0.3) is 0 Å². The Labute approximate surface area is 106 Å². The molecular formula is C10H14Cl3NO. The number of nitrogens with one attached hydrogen (secondary N) is 1. The minimum absolute atomic E-state index is 0. The quantitative estimate of drug-likeness (QED) is 0.828. The first kappa shape index (κ1) is 14.8. The molecule has 0 aliphatic carbocycles. The molecule has 0 atom stereocenters. The van der Waals surface area contributed by atoms with Gasteiger partial charge in [-0.25, -0.2) is 0 Å². The molecule has 0 saturated carbocycles. The van der Waals surface area contributed by atoms with Crippen LogP contribution in [0.5, 0.6) is 5.75 Å². The van der Waals surface area contributed by atoms with Crippen LogP contribution in [-0.4, -0.2) is 20.2 Å². The summed E-state index contributed by atoms with van der Waals surface area (Å²) in [6.45, 7) is 1.63. The average molecular weight is 271 g/mol. The highest BCUT2D eigenvalue weighted by Crippen LogP contribution is 2.26. The Morgan fingerprint density at radius 1 is 1.27 bits per heavy atom. The van der Waals surface area contributed by atoms with E-state index in [-0.39, 0.29) is 12.4 Å². The van der Waals surface area contributed by atoms with Crippen molar-refractivity contribution in [2.24, 2.45) is 0 Å². The second-order valence-electron chi connectivity index (χ2n) is 2.88. The lowest BCUT2D eigenvalue weighted by atomic mass is 10.3. The first-order chi connectivity index (χ1) is 6.74. The van der Waals surface area contributed by atoms with E-state index in [0.29, 0.717) is 16.7 Å². The topological polar surface area (TPSA) is 21.3 Å². The fourth-order valence-corrected chi connectivity index (χ4v) is 1.29. The predicted molar refractivity (Wildman–Crippen MR) is 67.7 cm³/mol. The Morgan fingerprint density at radius 2 is 2.00 bits per heavy atom. The van der Waals surface area contributed by atoms with Crippen molar-refractivity contribution in [2.75, 3.05) is 20.2 Å². The van der Waals surface area contributed by atoms with Gasteiger partial charge in [0, 0.05) is 6.07 Å². The molecule has 0 heterocycles. The molecule has 1 N–H and O–H groups in total. The average Bonchev–Trinajstić information content (AvgIpc) is 2.18. The molecule has 0 radical (unpaired) electrons. The maximum absolute atomic E-state index is 5.83. The van der Waals surface area contributed by atoms with Crippen LogP contribution >= 0.6 is 35.6 Å². The van der Waals surface area contributed by atoms with E-state index in [9.17, 15) is 0 Å². The summed E-state index contributed by atoms with van der Waals surface area (Å²) in [5.74, 6) is 0.760. The molecule has 86 valence electrons. The van der Waals surface area contributed by atoms with Crippen molar-refractivity contribution in [1.29, 1.82) is 0 Å². The van der Waals surface area contributed by atoms with Crippen LogP contribution in [0, 0.1) is 0 Å². The van der Waals surface area contributed by atoms with E-state index in [4.69, 9.17) is 27.9 Å². The molecule has 1 aromatic carbocycles. The lowest BCUT2D eigenvalue weighted by Gasteiger charge is -2.06. The summed E-state index contributed by atoms with van der Waals surface area (Å²) in [5, 5.41) is 4.12. The van der Waals surface area contributed by atoms with Gasteiger partial charge in [-0.05, 0) is 32.1 Å². The molecule has 0 aromatic heterocycles. The molecule has 0 amide bonds. The number of ether oxygens (including phenoxy) is 1. The fourth-order valence-electron chi connectivity index (χ4n) is 1.01. The Balaban J connectivity index is 0.00000196. The molecule has 1 rings (SSSR count). The number of halogens is 3. The second-order valence-corrected chi connectivity index (χ2v) is 3.70. The van der Waals surface area contributed by atoms with Gasteiger partial charge >= 0.3 is 0 Å². The normalized spacial score (nSPS) is 9.53. The third-order valence-corrected chi connectivity index (χ3v) is 2.47. The van der Waals surface area contributed by atoms with Gasteiger partial charge in [0.15, 0.2) is 0 Å². The van der Waals surface area contributed by atoms with Crippen LogP contribution in [0.1, 0.15) is 6.42 Å². The summed E-state index contributed by atoms with van der Waals surface area (Å²) >= 11 is 11.6. The van der Waals surface area contributed by atoms with Crippen LogP contribution in [0.15, 0.2) is 18.2 Å². The van der Waals surface area contributed by atoms with Crippen molar-refractivity contribution in [3.8, 4) is 5.75 Å². The minimum atomic E-state index is 0. The first-order valence-corrected chi connectivity index (χ1v) is 5.22. The van der Waals surface area contributed by atoms with Crippen molar-refractivity contribution in [3.05, 3.63) is 28.2 Å². The van der Waals surface area contributed by atoms with E-state index in [2.05, 4.69) is 5.32 Å². The molecule has 5 heteroatoms. The van der Waals surface area contributed by atoms with E-state index in [0.717, 1.165) is 18.7 Å². The van der Waals surface area contributed by atoms with Crippen LogP contribution in [0.4, 0.5) is 0 Å². The molecular weight excluding hydrogens is 256 g/mol. The number of hydrogen-bond donors (Lipinski definition) is 1. The van der Waals surface area contributed by atoms with Crippen molar-refractivity contribution >= 4 is 35.6 Å². The zero-order valence-corrected chi connectivity index (χ0v) is 10.8. The van der Waals surface area contributed by atoms with Crippen molar-refractivity contribution in [2.45, 2.75) is 6.42 Å². The SMILES string of the molecule is CNCCCOc1ccc(Cl)c(Cl)c1.Cl. The Bertz CT molecular complexity index is 294. The molecule has 0 bridgehead atoms. The van der Waals surface area contributed by atoms with E-state index in [1.165, 1.54) is 0 Å². The summed E-state index contributed by atoms with van der Waals surface area (Å²) in [7, 11) is 1.92. The highest BCUT2D eigenvalue weighted by atomic mass is 35.5. The summed E-state index contributed by atoms with van der Waals surface area (Å²) in [5.41, 5.74) is 0. The third kappa shape index (κ3) is 5.47. The molecule has 0 unspecified atom stereocenters. The molecule has 0 spiro atoms. The zero-order chi connectivity index (χ0) is 10.4. The molecule has 0 aliphatic heterocycles. The van der Waals surface area contributed by atoms with E-state index in [1.807, 2.05) is 13.1 Å². The second kappa shape index (κ2) is 8.05. The molecule has 0 fully saturated rings. The summed E-state index contributed by atoms with van der Waals surface area (Å²) < 4.78 is 5.46. The highest BCUT2D eigenvalue weighted by molar-refractivity contribution is 6.42. The van der Waals surface area contributed by atoms with E-state index >= 15 is 0 Å². The maximum atomic E-state index is 5.83. The van der Waals surface area contributed by atoms with Crippen LogP contribution in [0.25, 0.3) is 0 Å². The van der Waals surface area contributed by atoms with Crippen LogP contribution < -0.4 is 10.1 Å². The summed E-state index contributed by atoms with van der Waals surface area (Å²) in [6.07, 6.45) is 0.969. The summed E-state index contributed by atoms with van der Waals surface area (Å²) in [4.78, 5) is 0. The number of hydrogen-bond acceptors (Lipinski definition) is 2. The number of rotatable bonds is 5. The Kier molecular flexibility index (Phi) is 7.97. The highest BCUT2D eigenvalue weighted by Gasteiger charge is 1.99. The van der Waals surface area contributed by atoms with Crippen molar-refractivity contribution in [3.63, 3.8) is 0 Å². The van der Waals surface area contributed by atoms with Gasteiger partial charge in [-0.2, -0.15) is 0 Å². The van der Waals surface area contributed by atoms with Gasteiger partial charge in [0.1, 0.15) is 5.75 Å². The first-order valence-electron chi connectivity index (χ1n) is 4.46. The Morgan fingerprint density at radius 3 is 2.60 bits per heavy atom. The number of benzene rings is 1. The van der Waals surface area contributed by atoms with Gasteiger partial charge in [-0.3, -0.25) is 0 Å². The maximum Gasteiger partial charge on any atom is 0.120 e. The Hall–Kier alpha value is -0.150. The van der Waals surface area contributed by atoms with Crippen LogP contribution in [0.2, 0.25) is 10.0 Å². The summed E-state index contributed by atoms with van der Waals surface area (Å²) in [6, 6.07) is 5.27. The fraction of sp³-hybridized carbons (Fsp3) is 0.400. The van der Waals surface area contributed by atoms with Gasteiger partial charge in [0.05, 0.1) is 16.7 Å². The third-order valence-electron chi connectivity index (χ3n) is 1.73. The van der Waals surface area contributed by atoms with Crippen LogP contribution in [0.3, 0.4) is 0 Å². The molecule has 1 aromatic rings. The van der Waals surface area contributed by atoms with Crippen molar-refractivity contribution < 1.29 is 4.74 Å². The largest absolute Gasteiger partial charge is 0.493 e. The standard InChI is InChI=1S/C10H13Cl2NO.ClH/c1-13-5-2-6-14-8-3-4-9(11)10(12)7-8;/h3-4,7,13H,2,5-6H2,1H3;1H. The predicted octanol–water partition coefficient (Wildman–Crippen LogP) is 3.40. The molecule has 0 saturated heterocycles. The van der Waals surface area contributed by atoms with Gasteiger partial charge in [-0.1, -0.05) is 23.2 Å². The monoisotopic (exact) mass is 269 g/mol. The van der Waals surface area contributed by atoms with Crippen LogP contribution in [-0.2, 0) is 0 Å².